The molecule has 0 aromatic rings. The lowest BCUT2D eigenvalue weighted by atomic mass is 9.85. The van der Waals surface area contributed by atoms with Crippen LogP contribution in [0, 0.1) is 17.2 Å². The molecule has 0 saturated heterocycles. The van der Waals surface area contributed by atoms with Crippen LogP contribution in [0.2, 0.25) is 0 Å². The van der Waals surface area contributed by atoms with E-state index in [-0.39, 0.29) is 5.54 Å². The molecule has 3 heteroatoms. The molecule has 0 spiro atoms. The predicted octanol–water partition coefficient (Wildman–Crippen LogP) is 1.75. The summed E-state index contributed by atoms with van der Waals surface area (Å²) < 4.78 is 0. The molecule has 2 saturated carbocycles. The molecule has 2 fully saturated rings. The minimum Gasteiger partial charge on any atom is -0.303 e. The fraction of sp³-hybridized carbons (Fsp3) is 0.923. The molecule has 90 valence electrons. The smallest absolute Gasteiger partial charge is 0.116 e. The number of hydrogen-bond donors (Lipinski definition) is 1. The van der Waals surface area contributed by atoms with Crippen molar-refractivity contribution in [2.24, 2.45) is 5.92 Å². The second-order valence-corrected chi connectivity index (χ2v) is 5.86. The van der Waals surface area contributed by atoms with Gasteiger partial charge >= 0.3 is 0 Å². The Balaban J connectivity index is 1.77. The molecule has 1 N–H and O–H groups in total. The molecule has 0 radical (unpaired) electrons. The Morgan fingerprint density at radius 1 is 1.38 bits per heavy atom. The Morgan fingerprint density at radius 2 is 2.06 bits per heavy atom. The van der Waals surface area contributed by atoms with Crippen molar-refractivity contribution in [3.63, 3.8) is 0 Å². The normalized spacial score (nSPS) is 24.9. The zero-order valence-corrected chi connectivity index (χ0v) is 10.5. The lowest BCUT2D eigenvalue weighted by molar-refractivity contribution is 0.179. The minimum absolute atomic E-state index is 0.361. The maximum Gasteiger partial charge on any atom is 0.116 e. The summed E-state index contributed by atoms with van der Waals surface area (Å²) in [5.41, 5.74) is -0.361. The van der Waals surface area contributed by atoms with Crippen LogP contribution in [-0.4, -0.2) is 36.6 Å². The zero-order valence-electron chi connectivity index (χ0n) is 10.5. The third-order valence-electron chi connectivity index (χ3n) is 3.73. The van der Waals surface area contributed by atoms with E-state index >= 15 is 0 Å². The quantitative estimate of drug-likeness (QED) is 0.742. The first-order valence-electron chi connectivity index (χ1n) is 6.49. The molecule has 3 nitrogen and oxygen atoms in total. The van der Waals surface area contributed by atoms with Crippen LogP contribution in [0.1, 0.15) is 39.0 Å². The highest BCUT2D eigenvalue weighted by Crippen LogP contribution is 2.27. The molecule has 0 aromatic carbocycles. The monoisotopic (exact) mass is 221 g/mol. The van der Waals surface area contributed by atoms with Gasteiger partial charge in [0, 0.05) is 19.1 Å². The van der Waals surface area contributed by atoms with Gasteiger partial charge in [0.05, 0.1) is 6.07 Å². The average molecular weight is 221 g/mol. The molecule has 0 heterocycles. The zero-order chi connectivity index (χ0) is 11.6. The van der Waals surface area contributed by atoms with Crippen molar-refractivity contribution in [1.82, 2.24) is 10.2 Å². The average Bonchev–Trinajstić information content (AvgIpc) is 2.95. The van der Waals surface area contributed by atoms with Gasteiger partial charge in [-0.1, -0.05) is 6.42 Å². The predicted molar refractivity (Wildman–Crippen MR) is 65.0 cm³/mol. The highest BCUT2D eigenvalue weighted by atomic mass is 15.2. The van der Waals surface area contributed by atoms with Gasteiger partial charge in [-0.25, -0.2) is 0 Å². The molecule has 2 aliphatic rings. The van der Waals surface area contributed by atoms with Gasteiger partial charge in [0.2, 0.25) is 0 Å². The van der Waals surface area contributed by atoms with Crippen molar-refractivity contribution in [3.05, 3.63) is 0 Å². The Bertz CT molecular complexity index is 275. The van der Waals surface area contributed by atoms with Crippen molar-refractivity contribution < 1.29 is 0 Å². The molecule has 0 aliphatic heterocycles. The van der Waals surface area contributed by atoms with Gasteiger partial charge in [-0.15, -0.1) is 0 Å². The first-order chi connectivity index (χ1) is 7.61. The molecular weight excluding hydrogens is 198 g/mol. The van der Waals surface area contributed by atoms with E-state index in [9.17, 15) is 5.26 Å². The van der Waals surface area contributed by atoms with Gasteiger partial charge in [0.25, 0.3) is 0 Å². The van der Waals surface area contributed by atoms with Crippen molar-refractivity contribution >= 4 is 0 Å². The van der Waals surface area contributed by atoms with E-state index in [1.807, 2.05) is 6.92 Å². The molecule has 1 atom stereocenters. The molecule has 0 aromatic heterocycles. The van der Waals surface area contributed by atoms with Crippen LogP contribution in [0.4, 0.5) is 0 Å². The molecule has 0 bridgehead atoms. The largest absolute Gasteiger partial charge is 0.303 e. The summed E-state index contributed by atoms with van der Waals surface area (Å²) in [5, 5.41) is 12.7. The Kier molecular flexibility index (Phi) is 3.51. The van der Waals surface area contributed by atoms with Crippen LogP contribution in [0.25, 0.3) is 0 Å². The van der Waals surface area contributed by atoms with Crippen LogP contribution in [-0.2, 0) is 0 Å². The molecule has 2 rings (SSSR count). The fourth-order valence-electron chi connectivity index (χ4n) is 2.51. The topological polar surface area (TPSA) is 39.1 Å². The summed E-state index contributed by atoms with van der Waals surface area (Å²) in [5.74, 6) is 0.883. The lowest BCUT2D eigenvalue weighted by Crippen LogP contribution is -2.51. The molecule has 1 unspecified atom stereocenters. The number of nitriles is 1. The van der Waals surface area contributed by atoms with E-state index in [0.29, 0.717) is 6.04 Å². The van der Waals surface area contributed by atoms with E-state index in [1.54, 1.807) is 0 Å². The second-order valence-electron chi connectivity index (χ2n) is 5.86. The van der Waals surface area contributed by atoms with Gasteiger partial charge in [-0.2, -0.15) is 5.26 Å². The van der Waals surface area contributed by atoms with Crippen LogP contribution >= 0.6 is 0 Å². The summed E-state index contributed by atoms with van der Waals surface area (Å²) in [7, 11) is 2.14. The van der Waals surface area contributed by atoms with E-state index < -0.39 is 0 Å². The Hall–Kier alpha value is -0.590. The van der Waals surface area contributed by atoms with Crippen molar-refractivity contribution in [2.45, 2.75) is 50.6 Å². The van der Waals surface area contributed by atoms with Crippen molar-refractivity contribution in [2.75, 3.05) is 20.1 Å². The van der Waals surface area contributed by atoms with Crippen LogP contribution in [0.15, 0.2) is 0 Å². The van der Waals surface area contributed by atoms with Crippen LogP contribution in [0.5, 0.6) is 0 Å². The summed E-state index contributed by atoms with van der Waals surface area (Å²) in [6.45, 7) is 4.03. The van der Waals surface area contributed by atoms with Gasteiger partial charge in [0.15, 0.2) is 0 Å². The standard InChI is InChI=1S/C13H23N3/c1-13(9-14,15-12-6-7-12)10-16(2)8-11-4-3-5-11/h11-12,15H,3-8,10H2,1-2H3. The summed E-state index contributed by atoms with van der Waals surface area (Å²) in [4.78, 5) is 2.32. The maximum absolute atomic E-state index is 9.28. The summed E-state index contributed by atoms with van der Waals surface area (Å²) in [6, 6.07) is 3.04. The number of likely N-dealkylation sites (N-methyl/N-ethyl adjacent to an activating group) is 1. The maximum atomic E-state index is 9.28. The van der Waals surface area contributed by atoms with Gasteiger partial charge in [-0.05, 0) is 45.6 Å². The fourth-order valence-corrected chi connectivity index (χ4v) is 2.51. The van der Waals surface area contributed by atoms with Gasteiger partial charge in [0.1, 0.15) is 5.54 Å². The molecule has 2 aliphatic carbocycles. The van der Waals surface area contributed by atoms with Crippen molar-refractivity contribution in [1.29, 1.82) is 5.26 Å². The summed E-state index contributed by atoms with van der Waals surface area (Å²) in [6.07, 6.45) is 6.63. The highest BCUT2D eigenvalue weighted by molar-refractivity contribution is 5.08. The first-order valence-corrected chi connectivity index (χ1v) is 6.49. The van der Waals surface area contributed by atoms with E-state index in [1.165, 1.54) is 32.1 Å². The van der Waals surface area contributed by atoms with E-state index in [4.69, 9.17) is 0 Å². The number of rotatable bonds is 6. The third-order valence-corrected chi connectivity index (χ3v) is 3.73. The lowest BCUT2D eigenvalue weighted by Gasteiger charge is -2.34. The minimum atomic E-state index is -0.361. The number of hydrogen-bond acceptors (Lipinski definition) is 3. The molecule has 0 amide bonds. The van der Waals surface area contributed by atoms with Gasteiger partial charge in [-0.3, -0.25) is 5.32 Å². The van der Waals surface area contributed by atoms with E-state index in [0.717, 1.165) is 19.0 Å². The SMILES string of the molecule is CN(CC1CCC1)CC(C)(C#N)NC1CC1. The van der Waals surface area contributed by atoms with E-state index in [2.05, 4.69) is 23.3 Å². The summed E-state index contributed by atoms with van der Waals surface area (Å²) >= 11 is 0. The number of nitrogens with one attached hydrogen (secondary N) is 1. The third kappa shape index (κ3) is 3.20. The molecule has 16 heavy (non-hydrogen) atoms. The van der Waals surface area contributed by atoms with Gasteiger partial charge < -0.3 is 4.90 Å². The highest BCUT2D eigenvalue weighted by Gasteiger charge is 2.33. The molecular formula is C13H23N3. The second kappa shape index (κ2) is 4.73. The first kappa shape index (κ1) is 11.9. The Labute approximate surface area is 98.8 Å². The van der Waals surface area contributed by atoms with Crippen LogP contribution < -0.4 is 5.32 Å². The number of nitrogens with zero attached hydrogens (tertiary/aromatic N) is 2. The van der Waals surface area contributed by atoms with Crippen molar-refractivity contribution in [3.8, 4) is 6.07 Å². The Morgan fingerprint density at radius 3 is 2.50 bits per heavy atom. The van der Waals surface area contributed by atoms with Crippen LogP contribution in [0.3, 0.4) is 0 Å².